The van der Waals surface area contributed by atoms with Crippen LogP contribution in [0.3, 0.4) is 0 Å². The molecule has 1 aliphatic heterocycles. The average Bonchev–Trinajstić information content (AvgIpc) is 3.35. The molecule has 2 aromatic heterocycles. The molecule has 1 atom stereocenters. The van der Waals surface area contributed by atoms with Gasteiger partial charge in [0, 0.05) is 29.9 Å². The summed E-state index contributed by atoms with van der Waals surface area (Å²) in [5, 5.41) is 13.5. The number of thiophene rings is 1. The van der Waals surface area contributed by atoms with Crippen LogP contribution in [0.4, 0.5) is 0 Å². The van der Waals surface area contributed by atoms with Crippen LogP contribution < -0.4 is 9.47 Å². The normalized spacial score (nSPS) is 17.5. The average molecular weight is 485 g/mol. The lowest BCUT2D eigenvalue weighted by molar-refractivity contribution is -0.140. The number of aliphatic hydroxyl groups excluding tert-OH is 1. The highest BCUT2D eigenvalue weighted by Crippen LogP contribution is 2.45. The number of hydrogen-bond acceptors (Lipinski definition) is 7. The van der Waals surface area contributed by atoms with Gasteiger partial charge in [0.05, 0.1) is 30.4 Å². The molecule has 0 bridgehead atoms. The number of nitrogens with zero attached hydrogens (tertiary/aromatic N) is 2. The second-order valence-electron chi connectivity index (χ2n) is 7.44. The molecule has 170 valence electrons. The zero-order valence-corrected chi connectivity index (χ0v) is 19.7. The van der Waals surface area contributed by atoms with E-state index >= 15 is 0 Å². The SMILES string of the molecule is COc1cc(OC)c(/C(O)=C2\C(=O)C(=O)N(Cc3ccncc3)C2c2sccc2C)cc1Cl. The molecule has 3 aromatic rings. The number of aryl methyl sites for hydroxylation is 1. The van der Waals surface area contributed by atoms with E-state index in [0.29, 0.717) is 5.75 Å². The Labute approximate surface area is 199 Å². The number of ketones is 1. The summed E-state index contributed by atoms with van der Waals surface area (Å²) in [5.41, 5.74) is 1.91. The van der Waals surface area contributed by atoms with Crippen LogP contribution in [0.1, 0.15) is 27.6 Å². The van der Waals surface area contributed by atoms with E-state index in [1.807, 2.05) is 18.4 Å². The number of halogens is 1. The molecule has 3 heterocycles. The van der Waals surface area contributed by atoms with E-state index in [2.05, 4.69) is 4.98 Å². The first-order chi connectivity index (χ1) is 15.9. The summed E-state index contributed by atoms with van der Waals surface area (Å²) in [7, 11) is 2.90. The number of Topliss-reactive ketones (excluding diaryl/α,β-unsaturated/α-hetero) is 1. The first-order valence-corrected chi connectivity index (χ1v) is 11.3. The van der Waals surface area contributed by atoms with Crippen molar-refractivity contribution in [3.05, 3.63) is 80.3 Å². The summed E-state index contributed by atoms with van der Waals surface area (Å²) in [6.45, 7) is 2.09. The second kappa shape index (κ2) is 9.25. The first kappa shape index (κ1) is 22.8. The van der Waals surface area contributed by atoms with Gasteiger partial charge in [-0.3, -0.25) is 14.6 Å². The largest absolute Gasteiger partial charge is 0.507 e. The van der Waals surface area contributed by atoms with E-state index in [4.69, 9.17) is 21.1 Å². The van der Waals surface area contributed by atoms with Gasteiger partial charge in [-0.2, -0.15) is 0 Å². The minimum absolute atomic E-state index is 0.0147. The molecule has 7 nitrogen and oxygen atoms in total. The van der Waals surface area contributed by atoms with Crippen molar-refractivity contribution in [3.63, 3.8) is 0 Å². The number of carbonyl (C=O) groups is 2. The number of amides is 1. The molecule has 1 aromatic carbocycles. The van der Waals surface area contributed by atoms with Crippen molar-refractivity contribution in [3.8, 4) is 11.5 Å². The van der Waals surface area contributed by atoms with Gasteiger partial charge in [0.2, 0.25) is 0 Å². The maximum absolute atomic E-state index is 13.2. The molecular weight excluding hydrogens is 464 g/mol. The topological polar surface area (TPSA) is 89.0 Å². The van der Waals surface area contributed by atoms with Gasteiger partial charge in [-0.05, 0) is 47.7 Å². The molecule has 0 aliphatic carbocycles. The van der Waals surface area contributed by atoms with Crippen molar-refractivity contribution in [1.82, 2.24) is 9.88 Å². The van der Waals surface area contributed by atoms with E-state index in [9.17, 15) is 14.7 Å². The third kappa shape index (κ3) is 4.07. The van der Waals surface area contributed by atoms with E-state index in [0.717, 1.165) is 16.0 Å². The molecule has 0 radical (unpaired) electrons. The lowest BCUT2D eigenvalue weighted by atomic mass is 9.97. The lowest BCUT2D eigenvalue weighted by Gasteiger charge is -2.25. The molecule has 0 saturated carbocycles. The number of aromatic nitrogens is 1. The molecule has 33 heavy (non-hydrogen) atoms. The van der Waals surface area contributed by atoms with Crippen molar-refractivity contribution < 1.29 is 24.2 Å². The van der Waals surface area contributed by atoms with Crippen molar-refractivity contribution >= 4 is 40.4 Å². The van der Waals surface area contributed by atoms with Gasteiger partial charge in [0.15, 0.2) is 0 Å². The quantitative estimate of drug-likeness (QED) is 0.309. The van der Waals surface area contributed by atoms with Crippen molar-refractivity contribution in [2.75, 3.05) is 14.2 Å². The lowest BCUT2D eigenvalue weighted by Crippen LogP contribution is -2.29. The fourth-order valence-corrected chi connectivity index (χ4v) is 5.14. The van der Waals surface area contributed by atoms with Crippen LogP contribution in [-0.4, -0.2) is 40.9 Å². The van der Waals surface area contributed by atoms with Crippen molar-refractivity contribution in [2.45, 2.75) is 19.5 Å². The fraction of sp³-hybridized carbons (Fsp3) is 0.208. The highest BCUT2D eigenvalue weighted by Gasteiger charge is 2.47. The van der Waals surface area contributed by atoms with Crippen LogP contribution in [0.15, 0.2) is 53.7 Å². The monoisotopic (exact) mass is 484 g/mol. The zero-order chi connectivity index (χ0) is 23.7. The third-order valence-electron chi connectivity index (χ3n) is 5.52. The Bertz CT molecular complexity index is 1250. The molecule has 1 N–H and O–H groups in total. The maximum atomic E-state index is 13.2. The van der Waals surface area contributed by atoms with E-state index in [1.54, 1.807) is 24.5 Å². The predicted molar refractivity (Wildman–Crippen MR) is 126 cm³/mol. The standard InChI is InChI=1S/C24H21ClN2O5S/c1-13-6-9-33-23(13)20-19(21(28)15-10-16(25)18(32-3)11-17(15)31-2)22(29)24(30)27(20)12-14-4-7-26-8-5-14/h4-11,20,28H,12H2,1-3H3/b21-19+. The Kier molecular flexibility index (Phi) is 6.40. The molecule has 1 unspecified atom stereocenters. The van der Waals surface area contributed by atoms with Crippen LogP contribution in [0.25, 0.3) is 5.76 Å². The summed E-state index contributed by atoms with van der Waals surface area (Å²) in [6, 6.07) is 7.70. The number of likely N-dealkylation sites (tertiary alicyclic amines) is 1. The third-order valence-corrected chi connectivity index (χ3v) is 6.89. The molecule has 1 fully saturated rings. The van der Waals surface area contributed by atoms with Crippen LogP contribution >= 0.6 is 22.9 Å². The minimum atomic E-state index is -0.770. The summed E-state index contributed by atoms with van der Waals surface area (Å²) >= 11 is 7.71. The van der Waals surface area contributed by atoms with Crippen molar-refractivity contribution in [2.24, 2.45) is 0 Å². The van der Waals surface area contributed by atoms with E-state index in [-0.39, 0.29) is 34.2 Å². The zero-order valence-electron chi connectivity index (χ0n) is 18.2. The summed E-state index contributed by atoms with van der Waals surface area (Å²) in [4.78, 5) is 32.6. The number of pyridine rings is 1. The Morgan fingerprint density at radius 3 is 2.45 bits per heavy atom. The van der Waals surface area contributed by atoms with Crippen LogP contribution in [0.5, 0.6) is 11.5 Å². The number of methoxy groups -OCH3 is 2. The smallest absolute Gasteiger partial charge is 0.295 e. The van der Waals surface area contributed by atoms with Crippen LogP contribution in [0, 0.1) is 6.92 Å². The minimum Gasteiger partial charge on any atom is -0.507 e. The number of hydrogen-bond donors (Lipinski definition) is 1. The Morgan fingerprint density at radius 2 is 1.85 bits per heavy atom. The molecule has 9 heteroatoms. The summed E-state index contributed by atoms with van der Waals surface area (Å²) < 4.78 is 10.6. The van der Waals surface area contributed by atoms with Crippen LogP contribution in [0.2, 0.25) is 5.02 Å². The highest BCUT2D eigenvalue weighted by atomic mass is 35.5. The summed E-state index contributed by atoms with van der Waals surface area (Å²) in [6.07, 6.45) is 3.25. The Morgan fingerprint density at radius 1 is 1.15 bits per heavy atom. The van der Waals surface area contributed by atoms with Crippen LogP contribution in [-0.2, 0) is 16.1 Å². The predicted octanol–water partition coefficient (Wildman–Crippen LogP) is 4.74. The van der Waals surface area contributed by atoms with Gasteiger partial charge < -0.3 is 19.5 Å². The molecule has 0 spiro atoms. The van der Waals surface area contributed by atoms with E-state index in [1.165, 1.54) is 42.6 Å². The Hall–Kier alpha value is -3.36. The number of ether oxygens (including phenoxy) is 2. The van der Waals surface area contributed by atoms with E-state index < -0.39 is 17.7 Å². The maximum Gasteiger partial charge on any atom is 0.295 e. The van der Waals surface area contributed by atoms with Gasteiger partial charge >= 0.3 is 0 Å². The first-order valence-electron chi connectivity index (χ1n) is 10.0. The molecule has 1 amide bonds. The number of benzene rings is 1. The summed E-state index contributed by atoms with van der Waals surface area (Å²) in [5.74, 6) is -1.20. The number of carbonyl (C=O) groups excluding carboxylic acids is 2. The van der Waals surface area contributed by atoms with Gasteiger partial charge in [0.25, 0.3) is 11.7 Å². The fourth-order valence-electron chi connectivity index (χ4n) is 3.86. The molecule has 1 saturated heterocycles. The molecule has 4 rings (SSSR count). The van der Waals surface area contributed by atoms with Gasteiger partial charge in [-0.25, -0.2) is 0 Å². The van der Waals surface area contributed by atoms with Gasteiger partial charge in [-0.1, -0.05) is 11.6 Å². The number of rotatable bonds is 6. The molecular formula is C24H21ClN2O5S. The second-order valence-corrected chi connectivity index (χ2v) is 8.79. The van der Waals surface area contributed by atoms with Gasteiger partial charge in [-0.15, -0.1) is 11.3 Å². The highest BCUT2D eigenvalue weighted by molar-refractivity contribution is 7.10. The van der Waals surface area contributed by atoms with Gasteiger partial charge in [0.1, 0.15) is 23.3 Å². The molecule has 1 aliphatic rings. The van der Waals surface area contributed by atoms with Crippen molar-refractivity contribution in [1.29, 1.82) is 0 Å². The number of aliphatic hydroxyl groups is 1. The Balaban J connectivity index is 1.91.